The Bertz CT molecular complexity index is 283. The quantitative estimate of drug-likeness (QED) is 0.670. The predicted octanol–water partition coefficient (Wildman–Crippen LogP) is 1.16. The minimum Gasteiger partial charge on any atom is -0.383 e. The molecule has 4 atom stereocenters. The molecule has 2 fully saturated rings. The third kappa shape index (κ3) is 3.45. The van der Waals surface area contributed by atoms with Crippen LogP contribution in [0.5, 0.6) is 0 Å². The van der Waals surface area contributed by atoms with Crippen molar-refractivity contribution in [1.82, 2.24) is 10.6 Å². The smallest absolute Gasteiger partial charge is 0.236 e. The molecular formula is C14H26N2O2. The molecule has 4 heteroatoms. The van der Waals surface area contributed by atoms with Gasteiger partial charge in [0.2, 0.25) is 5.91 Å². The second-order valence-electron chi connectivity index (χ2n) is 5.85. The van der Waals surface area contributed by atoms with Crippen molar-refractivity contribution in [2.45, 2.75) is 38.6 Å². The van der Waals surface area contributed by atoms with Crippen LogP contribution in [0.1, 0.15) is 32.6 Å². The van der Waals surface area contributed by atoms with Crippen molar-refractivity contribution in [2.75, 3.05) is 26.8 Å². The summed E-state index contributed by atoms with van der Waals surface area (Å²) in [4.78, 5) is 11.8. The molecule has 4 nitrogen and oxygen atoms in total. The lowest BCUT2D eigenvalue weighted by Gasteiger charge is -2.23. The van der Waals surface area contributed by atoms with Gasteiger partial charge in [-0.05, 0) is 50.5 Å². The van der Waals surface area contributed by atoms with Crippen molar-refractivity contribution in [3.05, 3.63) is 0 Å². The van der Waals surface area contributed by atoms with Crippen LogP contribution >= 0.6 is 0 Å². The topological polar surface area (TPSA) is 50.4 Å². The molecule has 0 radical (unpaired) electrons. The number of amides is 1. The Hall–Kier alpha value is -0.610. The maximum absolute atomic E-state index is 11.8. The first-order chi connectivity index (χ1) is 8.70. The van der Waals surface area contributed by atoms with Gasteiger partial charge in [-0.3, -0.25) is 4.79 Å². The summed E-state index contributed by atoms with van der Waals surface area (Å²) in [7, 11) is 1.64. The molecule has 0 aromatic rings. The van der Waals surface area contributed by atoms with E-state index in [2.05, 4.69) is 10.6 Å². The molecule has 0 aromatic carbocycles. The lowest BCUT2D eigenvalue weighted by molar-refractivity contribution is -0.123. The highest BCUT2D eigenvalue weighted by Crippen LogP contribution is 2.47. The van der Waals surface area contributed by atoms with E-state index in [0.29, 0.717) is 13.2 Å². The van der Waals surface area contributed by atoms with Crippen LogP contribution in [-0.4, -0.2) is 38.8 Å². The third-order valence-electron chi connectivity index (χ3n) is 4.57. The highest BCUT2D eigenvalue weighted by molar-refractivity contribution is 5.81. The molecule has 0 saturated heterocycles. The molecule has 0 spiro atoms. The molecule has 2 rings (SSSR count). The third-order valence-corrected chi connectivity index (χ3v) is 4.57. The van der Waals surface area contributed by atoms with Crippen molar-refractivity contribution in [2.24, 2.45) is 17.8 Å². The summed E-state index contributed by atoms with van der Waals surface area (Å²) >= 11 is 0. The zero-order valence-corrected chi connectivity index (χ0v) is 11.6. The Morgan fingerprint density at radius 3 is 2.83 bits per heavy atom. The van der Waals surface area contributed by atoms with E-state index < -0.39 is 0 Å². The van der Waals surface area contributed by atoms with Crippen LogP contribution in [0.15, 0.2) is 0 Å². The Kier molecular flexibility index (Phi) is 5.01. The van der Waals surface area contributed by atoms with Crippen LogP contribution in [0, 0.1) is 17.8 Å². The fourth-order valence-electron chi connectivity index (χ4n) is 3.48. The normalized spacial score (nSPS) is 31.6. The first-order valence-electron chi connectivity index (χ1n) is 7.20. The average Bonchev–Trinajstić information content (AvgIpc) is 2.98. The molecule has 2 saturated carbocycles. The molecule has 2 aliphatic carbocycles. The highest BCUT2D eigenvalue weighted by Gasteiger charge is 2.39. The highest BCUT2D eigenvalue weighted by atomic mass is 16.5. The Morgan fingerprint density at radius 1 is 1.39 bits per heavy atom. The van der Waals surface area contributed by atoms with E-state index in [9.17, 15) is 4.79 Å². The van der Waals surface area contributed by atoms with Crippen LogP contribution in [0.3, 0.4) is 0 Å². The molecule has 0 aliphatic heterocycles. The minimum absolute atomic E-state index is 0.0789. The molecule has 104 valence electrons. The summed E-state index contributed by atoms with van der Waals surface area (Å²) < 4.78 is 4.91. The number of ether oxygens (including phenoxy) is 1. The fourth-order valence-corrected chi connectivity index (χ4v) is 3.48. The fraction of sp³-hybridized carbons (Fsp3) is 0.929. The maximum Gasteiger partial charge on any atom is 0.236 e. The molecule has 18 heavy (non-hydrogen) atoms. The number of methoxy groups -OCH3 is 1. The van der Waals surface area contributed by atoms with E-state index in [1.807, 2.05) is 6.92 Å². The molecule has 0 heterocycles. The van der Waals surface area contributed by atoms with Gasteiger partial charge in [-0.1, -0.05) is 6.42 Å². The minimum atomic E-state index is -0.0963. The Balaban J connectivity index is 1.62. The summed E-state index contributed by atoms with van der Waals surface area (Å²) in [5.41, 5.74) is 0. The largest absolute Gasteiger partial charge is 0.383 e. The van der Waals surface area contributed by atoms with Gasteiger partial charge in [-0.2, -0.15) is 0 Å². The van der Waals surface area contributed by atoms with Gasteiger partial charge in [0.15, 0.2) is 0 Å². The Labute approximate surface area is 110 Å². The van der Waals surface area contributed by atoms with Gasteiger partial charge < -0.3 is 15.4 Å². The molecule has 0 aromatic heterocycles. The van der Waals surface area contributed by atoms with Crippen molar-refractivity contribution < 1.29 is 9.53 Å². The molecule has 4 unspecified atom stereocenters. The van der Waals surface area contributed by atoms with Gasteiger partial charge in [-0.15, -0.1) is 0 Å². The van der Waals surface area contributed by atoms with E-state index in [4.69, 9.17) is 4.74 Å². The summed E-state index contributed by atoms with van der Waals surface area (Å²) in [5.74, 6) is 2.78. The molecule has 1 amide bonds. The van der Waals surface area contributed by atoms with E-state index >= 15 is 0 Å². The SMILES string of the molecule is COCCNC(=O)C(C)NCC1CC2CCC1C2. The lowest BCUT2D eigenvalue weighted by atomic mass is 9.89. The second kappa shape index (κ2) is 6.53. The zero-order valence-electron chi connectivity index (χ0n) is 11.6. The van der Waals surface area contributed by atoms with E-state index in [0.717, 1.165) is 24.3 Å². The van der Waals surface area contributed by atoms with Gasteiger partial charge in [0, 0.05) is 13.7 Å². The van der Waals surface area contributed by atoms with Gasteiger partial charge in [0.05, 0.1) is 12.6 Å². The van der Waals surface area contributed by atoms with Gasteiger partial charge in [0.1, 0.15) is 0 Å². The van der Waals surface area contributed by atoms with E-state index in [1.54, 1.807) is 7.11 Å². The number of fused-ring (bicyclic) bond motifs is 2. The monoisotopic (exact) mass is 254 g/mol. The number of carbonyl (C=O) groups excluding carboxylic acids is 1. The standard InChI is InChI=1S/C14H26N2O2/c1-10(14(17)15-5-6-18-2)16-9-13-8-11-3-4-12(13)7-11/h10-13,16H,3-9H2,1-2H3,(H,15,17). The molecular weight excluding hydrogens is 228 g/mol. The summed E-state index contributed by atoms with van der Waals surface area (Å²) in [6, 6.07) is -0.0963. The number of hydrogen-bond donors (Lipinski definition) is 2. The number of nitrogens with one attached hydrogen (secondary N) is 2. The molecule has 2 bridgehead atoms. The van der Waals surface area contributed by atoms with Gasteiger partial charge in [0.25, 0.3) is 0 Å². The first kappa shape index (κ1) is 13.8. The predicted molar refractivity (Wildman–Crippen MR) is 71.3 cm³/mol. The zero-order chi connectivity index (χ0) is 13.0. The summed E-state index contributed by atoms with van der Waals surface area (Å²) in [5, 5.41) is 6.25. The Morgan fingerprint density at radius 2 is 2.22 bits per heavy atom. The van der Waals surface area contributed by atoms with Crippen molar-refractivity contribution in [1.29, 1.82) is 0 Å². The van der Waals surface area contributed by atoms with Crippen LogP contribution in [-0.2, 0) is 9.53 Å². The molecule has 2 aliphatic rings. The first-order valence-corrected chi connectivity index (χ1v) is 7.20. The van der Waals surface area contributed by atoms with Crippen LogP contribution in [0.2, 0.25) is 0 Å². The van der Waals surface area contributed by atoms with Crippen LogP contribution < -0.4 is 10.6 Å². The lowest BCUT2D eigenvalue weighted by Crippen LogP contribution is -2.45. The number of rotatable bonds is 7. The van der Waals surface area contributed by atoms with E-state index in [1.165, 1.54) is 25.7 Å². The maximum atomic E-state index is 11.8. The number of carbonyl (C=O) groups is 1. The van der Waals surface area contributed by atoms with Crippen LogP contribution in [0.4, 0.5) is 0 Å². The van der Waals surface area contributed by atoms with E-state index in [-0.39, 0.29) is 11.9 Å². The van der Waals surface area contributed by atoms with Crippen LogP contribution in [0.25, 0.3) is 0 Å². The van der Waals surface area contributed by atoms with Crippen molar-refractivity contribution in [3.8, 4) is 0 Å². The summed E-state index contributed by atoms with van der Waals surface area (Å²) in [6.45, 7) is 4.11. The average molecular weight is 254 g/mol. The van der Waals surface area contributed by atoms with Gasteiger partial charge >= 0.3 is 0 Å². The van der Waals surface area contributed by atoms with Gasteiger partial charge in [-0.25, -0.2) is 0 Å². The summed E-state index contributed by atoms with van der Waals surface area (Å²) in [6.07, 6.45) is 5.65. The van der Waals surface area contributed by atoms with Crippen molar-refractivity contribution in [3.63, 3.8) is 0 Å². The number of hydrogen-bond acceptors (Lipinski definition) is 3. The second-order valence-corrected chi connectivity index (χ2v) is 5.85. The van der Waals surface area contributed by atoms with Crippen molar-refractivity contribution >= 4 is 5.91 Å². The molecule has 2 N–H and O–H groups in total.